The normalized spacial score (nSPS) is 10.4. The number of hydrogen-bond donors (Lipinski definition) is 0. The van der Waals surface area contributed by atoms with Gasteiger partial charge in [0.25, 0.3) is 5.91 Å². The Morgan fingerprint density at radius 3 is 2.45 bits per heavy atom. The Morgan fingerprint density at radius 1 is 1.30 bits per heavy atom. The first-order valence-electron chi connectivity index (χ1n) is 6.34. The van der Waals surface area contributed by atoms with Crippen LogP contribution in [0.15, 0.2) is 28.8 Å². The zero-order valence-electron chi connectivity index (χ0n) is 12.1. The molecule has 0 aliphatic rings. The van der Waals surface area contributed by atoms with Gasteiger partial charge in [0.05, 0.1) is 19.3 Å². The maximum absolute atomic E-state index is 12.3. The van der Waals surface area contributed by atoms with Crippen molar-refractivity contribution in [2.75, 3.05) is 14.2 Å². The quantitative estimate of drug-likeness (QED) is 0.859. The first-order valence-corrected chi connectivity index (χ1v) is 6.34. The molecule has 0 radical (unpaired) electrons. The number of benzene rings is 1. The predicted molar refractivity (Wildman–Crippen MR) is 74.8 cm³/mol. The number of rotatable bonds is 4. The van der Waals surface area contributed by atoms with Crippen LogP contribution in [0.2, 0.25) is 0 Å². The van der Waals surface area contributed by atoms with Gasteiger partial charge in [0.1, 0.15) is 11.5 Å². The van der Waals surface area contributed by atoms with E-state index in [0.717, 1.165) is 22.8 Å². The van der Waals surface area contributed by atoms with Crippen LogP contribution in [0.3, 0.4) is 0 Å². The highest BCUT2D eigenvalue weighted by molar-refractivity contribution is 5.94. The van der Waals surface area contributed by atoms with Crippen molar-refractivity contribution in [3.8, 4) is 5.75 Å². The molecule has 0 N–H and O–H groups in total. The van der Waals surface area contributed by atoms with Gasteiger partial charge in [-0.3, -0.25) is 4.79 Å². The SMILES string of the molecule is COc1ccc(C(=O)N(C)Cc2c(C)noc2C)cc1. The number of carbonyl (C=O) groups excluding carboxylic acids is 1. The maximum atomic E-state index is 12.3. The van der Waals surface area contributed by atoms with Crippen LogP contribution >= 0.6 is 0 Å². The minimum absolute atomic E-state index is 0.0485. The summed E-state index contributed by atoms with van der Waals surface area (Å²) in [6.45, 7) is 4.20. The Bertz CT molecular complexity index is 583. The van der Waals surface area contributed by atoms with Crippen molar-refractivity contribution in [2.45, 2.75) is 20.4 Å². The first-order chi connectivity index (χ1) is 9.52. The van der Waals surface area contributed by atoms with Gasteiger partial charge in [0, 0.05) is 18.2 Å². The summed E-state index contributed by atoms with van der Waals surface area (Å²) in [5.41, 5.74) is 2.39. The Hall–Kier alpha value is -2.30. The number of hydrogen-bond acceptors (Lipinski definition) is 4. The second-order valence-corrected chi connectivity index (χ2v) is 4.69. The van der Waals surface area contributed by atoms with Gasteiger partial charge in [-0.2, -0.15) is 0 Å². The average Bonchev–Trinajstić information content (AvgIpc) is 2.78. The van der Waals surface area contributed by atoms with E-state index in [4.69, 9.17) is 9.26 Å². The van der Waals surface area contributed by atoms with Crippen LogP contribution < -0.4 is 4.74 Å². The summed E-state index contributed by atoms with van der Waals surface area (Å²) in [6.07, 6.45) is 0. The van der Waals surface area contributed by atoms with Gasteiger partial charge in [-0.25, -0.2) is 0 Å². The van der Waals surface area contributed by atoms with Gasteiger partial charge in [-0.15, -0.1) is 0 Å². The zero-order chi connectivity index (χ0) is 14.7. The predicted octanol–water partition coefficient (Wildman–Crippen LogP) is 2.57. The van der Waals surface area contributed by atoms with E-state index in [0.29, 0.717) is 12.1 Å². The van der Waals surface area contributed by atoms with Gasteiger partial charge >= 0.3 is 0 Å². The monoisotopic (exact) mass is 274 g/mol. The summed E-state index contributed by atoms with van der Waals surface area (Å²) in [5.74, 6) is 1.43. The Kier molecular flexibility index (Phi) is 4.08. The fourth-order valence-corrected chi connectivity index (χ4v) is 1.99. The van der Waals surface area contributed by atoms with E-state index in [1.54, 1.807) is 43.3 Å². The summed E-state index contributed by atoms with van der Waals surface area (Å²) in [5, 5.41) is 3.89. The summed E-state index contributed by atoms with van der Waals surface area (Å²) in [7, 11) is 3.36. The van der Waals surface area contributed by atoms with E-state index < -0.39 is 0 Å². The molecule has 5 heteroatoms. The van der Waals surface area contributed by atoms with Crippen molar-refractivity contribution < 1.29 is 14.1 Å². The summed E-state index contributed by atoms with van der Waals surface area (Å²) >= 11 is 0. The van der Waals surface area contributed by atoms with Gasteiger partial charge in [-0.05, 0) is 38.1 Å². The number of nitrogens with zero attached hydrogens (tertiary/aromatic N) is 2. The third-order valence-corrected chi connectivity index (χ3v) is 3.26. The molecule has 0 unspecified atom stereocenters. The van der Waals surface area contributed by atoms with Crippen LogP contribution in [0.1, 0.15) is 27.4 Å². The third-order valence-electron chi connectivity index (χ3n) is 3.26. The molecule has 5 nitrogen and oxygen atoms in total. The summed E-state index contributed by atoms with van der Waals surface area (Å²) in [4.78, 5) is 14.0. The largest absolute Gasteiger partial charge is 0.497 e. The van der Waals surface area contributed by atoms with E-state index in [-0.39, 0.29) is 5.91 Å². The molecule has 0 aliphatic carbocycles. The molecule has 2 aromatic rings. The lowest BCUT2D eigenvalue weighted by Gasteiger charge is -2.17. The number of aryl methyl sites for hydroxylation is 2. The average molecular weight is 274 g/mol. The molecule has 0 saturated carbocycles. The van der Waals surface area contributed by atoms with Gasteiger partial charge in [0.2, 0.25) is 0 Å². The Balaban J connectivity index is 2.12. The van der Waals surface area contributed by atoms with Gasteiger partial charge < -0.3 is 14.2 Å². The van der Waals surface area contributed by atoms with Crippen molar-refractivity contribution in [3.05, 3.63) is 46.8 Å². The molecular formula is C15H18N2O3. The van der Waals surface area contributed by atoms with Crippen LogP contribution in [0.5, 0.6) is 5.75 Å². The lowest BCUT2D eigenvalue weighted by molar-refractivity contribution is 0.0784. The van der Waals surface area contributed by atoms with Crippen LogP contribution in [-0.4, -0.2) is 30.1 Å². The second-order valence-electron chi connectivity index (χ2n) is 4.69. The molecule has 0 aliphatic heterocycles. The van der Waals surface area contributed by atoms with E-state index in [1.165, 1.54) is 0 Å². The van der Waals surface area contributed by atoms with Crippen LogP contribution in [0, 0.1) is 13.8 Å². The molecule has 1 aromatic heterocycles. The molecule has 2 rings (SSSR count). The van der Waals surface area contributed by atoms with Crippen LogP contribution in [0.25, 0.3) is 0 Å². The maximum Gasteiger partial charge on any atom is 0.253 e. The summed E-state index contributed by atoms with van der Waals surface area (Å²) in [6, 6.07) is 7.06. The number of ether oxygens (including phenoxy) is 1. The summed E-state index contributed by atoms with van der Waals surface area (Å²) < 4.78 is 10.2. The van der Waals surface area contributed by atoms with Crippen molar-refractivity contribution >= 4 is 5.91 Å². The topological polar surface area (TPSA) is 55.6 Å². The third kappa shape index (κ3) is 2.82. The van der Waals surface area contributed by atoms with Crippen molar-refractivity contribution in [1.82, 2.24) is 10.1 Å². The number of aromatic nitrogens is 1. The first kappa shape index (κ1) is 14.1. The van der Waals surface area contributed by atoms with E-state index in [9.17, 15) is 4.79 Å². The lowest BCUT2D eigenvalue weighted by Crippen LogP contribution is -2.26. The number of methoxy groups -OCH3 is 1. The standard InChI is InChI=1S/C15H18N2O3/c1-10-14(11(2)20-16-10)9-17(3)15(18)12-5-7-13(19-4)8-6-12/h5-8H,9H2,1-4H3. The van der Waals surface area contributed by atoms with E-state index in [1.807, 2.05) is 13.8 Å². The molecule has 106 valence electrons. The Labute approximate surface area is 118 Å². The van der Waals surface area contributed by atoms with Crippen molar-refractivity contribution in [1.29, 1.82) is 0 Å². The highest BCUT2D eigenvalue weighted by Gasteiger charge is 2.16. The minimum Gasteiger partial charge on any atom is -0.497 e. The zero-order valence-corrected chi connectivity index (χ0v) is 12.1. The molecule has 1 heterocycles. The molecule has 0 atom stereocenters. The smallest absolute Gasteiger partial charge is 0.253 e. The Morgan fingerprint density at radius 2 is 1.95 bits per heavy atom. The fourth-order valence-electron chi connectivity index (χ4n) is 1.99. The molecule has 20 heavy (non-hydrogen) atoms. The molecule has 0 bridgehead atoms. The molecule has 0 saturated heterocycles. The van der Waals surface area contributed by atoms with E-state index in [2.05, 4.69) is 5.16 Å². The fraction of sp³-hybridized carbons (Fsp3) is 0.333. The lowest BCUT2D eigenvalue weighted by atomic mass is 10.1. The second kappa shape index (κ2) is 5.77. The molecular weight excluding hydrogens is 256 g/mol. The van der Waals surface area contributed by atoms with Crippen LogP contribution in [0.4, 0.5) is 0 Å². The van der Waals surface area contributed by atoms with Gasteiger partial charge in [0.15, 0.2) is 0 Å². The molecule has 0 spiro atoms. The van der Waals surface area contributed by atoms with Crippen LogP contribution in [-0.2, 0) is 6.54 Å². The van der Waals surface area contributed by atoms with Crippen molar-refractivity contribution in [3.63, 3.8) is 0 Å². The molecule has 1 amide bonds. The molecule has 0 fully saturated rings. The van der Waals surface area contributed by atoms with E-state index >= 15 is 0 Å². The highest BCUT2D eigenvalue weighted by Crippen LogP contribution is 2.17. The number of carbonyl (C=O) groups is 1. The van der Waals surface area contributed by atoms with Gasteiger partial charge in [-0.1, -0.05) is 5.16 Å². The minimum atomic E-state index is -0.0485. The highest BCUT2D eigenvalue weighted by atomic mass is 16.5. The molecule has 1 aromatic carbocycles. The number of amides is 1. The van der Waals surface area contributed by atoms with Crippen molar-refractivity contribution in [2.24, 2.45) is 0 Å².